The van der Waals surface area contributed by atoms with E-state index in [0.717, 1.165) is 12.1 Å². The van der Waals surface area contributed by atoms with Gasteiger partial charge in [0.05, 0.1) is 11.9 Å². The normalized spacial score (nSPS) is 11.5. The van der Waals surface area contributed by atoms with Crippen LogP contribution in [-0.4, -0.2) is 23.5 Å². The number of sulfonamides is 1. The van der Waals surface area contributed by atoms with Crippen LogP contribution in [0.15, 0.2) is 29.4 Å². The monoisotopic (exact) mass is 285 g/mol. The van der Waals surface area contributed by atoms with Crippen LogP contribution >= 0.6 is 0 Å². The van der Waals surface area contributed by atoms with Crippen molar-refractivity contribution in [2.24, 2.45) is 0 Å². The van der Waals surface area contributed by atoms with Crippen molar-refractivity contribution < 1.29 is 17.9 Å². The minimum Gasteiger partial charge on any atom is -0.508 e. The van der Waals surface area contributed by atoms with E-state index in [2.05, 4.69) is 14.7 Å². The highest BCUT2D eigenvalue weighted by Gasteiger charge is 2.18. The van der Waals surface area contributed by atoms with E-state index in [-0.39, 0.29) is 16.5 Å². The molecule has 0 aliphatic rings. The van der Waals surface area contributed by atoms with Gasteiger partial charge in [-0.05, 0) is 12.1 Å². The van der Waals surface area contributed by atoms with Gasteiger partial charge in [0, 0.05) is 12.5 Å². The number of aromatic hydroxyl groups is 1. The van der Waals surface area contributed by atoms with Gasteiger partial charge in [0.25, 0.3) is 10.0 Å². The minimum atomic E-state index is -3.93. The van der Waals surface area contributed by atoms with Gasteiger partial charge >= 0.3 is 0 Å². The molecule has 0 bridgehead atoms. The molecule has 0 fully saturated rings. The summed E-state index contributed by atoms with van der Waals surface area (Å²) in [5.74, 6) is -0.624. The summed E-state index contributed by atoms with van der Waals surface area (Å²) in [6.07, 6.45) is 1.72. The topological polar surface area (TPSA) is 95.1 Å². The van der Waals surface area contributed by atoms with Crippen LogP contribution in [-0.2, 0) is 16.4 Å². The van der Waals surface area contributed by atoms with Gasteiger partial charge in [0.15, 0.2) is 10.8 Å². The molecule has 1 aromatic heterocycles. The predicted molar refractivity (Wildman–Crippen MR) is 66.8 cm³/mol. The summed E-state index contributed by atoms with van der Waals surface area (Å²) in [5.41, 5.74) is -0.245. The number of aryl methyl sites for hydroxylation is 1. The maximum Gasteiger partial charge on any atom is 0.279 e. The average Bonchev–Trinajstić information content (AvgIpc) is 2.82. The lowest BCUT2D eigenvalue weighted by molar-refractivity contribution is 0.469. The highest BCUT2D eigenvalue weighted by atomic mass is 32.2. The minimum absolute atomic E-state index is 0.142. The molecule has 1 heterocycles. The molecule has 8 heteroatoms. The number of aromatic amines is 1. The first-order valence-corrected chi connectivity index (χ1v) is 6.96. The molecule has 0 atom stereocenters. The molecule has 0 unspecified atom stereocenters. The molecular weight excluding hydrogens is 273 g/mol. The number of halogens is 1. The molecule has 0 amide bonds. The molecule has 1 aromatic carbocycles. The number of hydrogen-bond donors (Lipinski definition) is 3. The Balaban J connectivity index is 2.30. The van der Waals surface area contributed by atoms with Crippen LogP contribution in [0.1, 0.15) is 12.7 Å². The second kappa shape index (κ2) is 4.88. The number of H-pyrrole nitrogens is 1. The number of imidazole rings is 1. The third-order valence-corrected chi connectivity index (χ3v) is 3.70. The van der Waals surface area contributed by atoms with E-state index in [1.807, 2.05) is 6.92 Å². The molecule has 6 nitrogen and oxygen atoms in total. The SMILES string of the molecule is CCc1ncc(S(=O)(=O)Nc2ccc(O)cc2F)[nH]1. The molecule has 102 valence electrons. The number of hydrogen-bond acceptors (Lipinski definition) is 4. The third-order valence-electron chi connectivity index (χ3n) is 2.43. The van der Waals surface area contributed by atoms with Crippen molar-refractivity contribution in [3.05, 3.63) is 36.0 Å². The standard InChI is InChI=1S/C11H12FN3O3S/c1-2-10-13-6-11(14-10)19(17,18)15-9-4-3-7(16)5-8(9)12/h3-6,15-16H,2H2,1H3,(H,13,14). The Bertz CT molecular complexity index is 697. The van der Waals surface area contributed by atoms with Gasteiger partial charge in [-0.2, -0.15) is 8.42 Å². The van der Waals surface area contributed by atoms with Crippen LogP contribution in [0.5, 0.6) is 5.75 Å². The smallest absolute Gasteiger partial charge is 0.279 e. The van der Waals surface area contributed by atoms with Crippen molar-refractivity contribution in [3.8, 4) is 5.75 Å². The van der Waals surface area contributed by atoms with E-state index >= 15 is 0 Å². The number of rotatable bonds is 4. The Morgan fingerprint density at radius 3 is 2.79 bits per heavy atom. The van der Waals surface area contributed by atoms with Gasteiger partial charge in [0.2, 0.25) is 0 Å². The largest absolute Gasteiger partial charge is 0.508 e. The van der Waals surface area contributed by atoms with E-state index in [1.54, 1.807) is 0 Å². The Morgan fingerprint density at radius 1 is 1.47 bits per heavy atom. The zero-order valence-corrected chi connectivity index (χ0v) is 10.8. The molecule has 0 spiro atoms. The highest BCUT2D eigenvalue weighted by molar-refractivity contribution is 7.92. The summed E-state index contributed by atoms with van der Waals surface area (Å²) in [4.78, 5) is 6.49. The molecule has 0 aliphatic heterocycles. The summed E-state index contributed by atoms with van der Waals surface area (Å²) >= 11 is 0. The van der Waals surface area contributed by atoms with Gasteiger partial charge in [0.1, 0.15) is 11.6 Å². The molecule has 2 aromatic rings. The lowest BCUT2D eigenvalue weighted by atomic mass is 10.3. The molecule has 19 heavy (non-hydrogen) atoms. The van der Waals surface area contributed by atoms with Crippen molar-refractivity contribution in [2.45, 2.75) is 18.4 Å². The summed E-state index contributed by atoms with van der Waals surface area (Å²) in [6.45, 7) is 1.82. The molecule has 0 saturated carbocycles. The van der Waals surface area contributed by atoms with Gasteiger partial charge in [-0.1, -0.05) is 6.92 Å². The van der Waals surface area contributed by atoms with Crippen molar-refractivity contribution in [1.29, 1.82) is 0 Å². The average molecular weight is 285 g/mol. The van der Waals surface area contributed by atoms with Crippen LogP contribution < -0.4 is 4.72 Å². The zero-order valence-electron chi connectivity index (χ0n) is 10.0. The first-order chi connectivity index (χ1) is 8.92. The highest BCUT2D eigenvalue weighted by Crippen LogP contribution is 2.22. The fraction of sp³-hybridized carbons (Fsp3) is 0.182. The van der Waals surface area contributed by atoms with E-state index in [1.165, 1.54) is 12.3 Å². The second-order valence-electron chi connectivity index (χ2n) is 3.82. The Morgan fingerprint density at radius 2 is 2.21 bits per heavy atom. The predicted octanol–water partition coefficient (Wildman–Crippen LogP) is 1.62. The number of anilines is 1. The maximum atomic E-state index is 13.5. The lowest BCUT2D eigenvalue weighted by Gasteiger charge is -2.07. The van der Waals surface area contributed by atoms with Gasteiger partial charge in [-0.25, -0.2) is 9.37 Å². The van der Waals surface area contributed by atoms with Crippen molar-refractivity contribution in [2.75, 3.05) is 4.72 Å². The lowest BCUT2D eigenvalue weighted by Crippen LogP contribution is -2.14. The first kappa shape index (κ1) is 13.3. The number of nitrogens with one attached hydrogen (secondary N) is 2. The van der Waals surface area contributed by atoms with Gasteiger partial charge in [-0.3, -0.25) is 4.72 Å². The van der Waals surface area contributed by atoms with Gasteiger partial charge in [-0.15, -0.1) is 0 Å². The van der Waals surface area contributed by atoms with Crippen molar-refractivity contribution in [3.63, 3.8) is 0 Å². The first-order valence-electron chi connectivity index (χ1n) is 5.47. The Hall–Kier alpha value is -2.09. The fourth-order valence-electron chi connectivity index (χ4n) is 1.45. The summed E-state index contributed by atoms with van der Waals surface area (Å²) in [5, 5.41) is 8.91. The Labute approximate surface area is 109 Å². The van der Waals surface area contributed by atoms with E-state index in [9.17, 15) is 12.8 Å². The van der Waals surface area contributed by atoms with E-state index in [4.69, 9.17) is 5.11 Å². The second-order valence-corrected chi connectivity index (χ2v) is 5.47. The quantitative estimate of drug-likeness (QED) is 0.744. The summed E-state index contributed by atoms with van der Waals surface area (Å²) in [7, 11) is -3.93. The summed E-state index contributed by atoms with van der Waals surface area (Å²) in [6, 6.07) is 3.15. The summed E-state index contributed by atoms with van der Waals surface area (Å²) < 4.78 is 39.5. The van der Waals surface area contributed by atoms with E-state index in [0.29, 0.717) is 12.2 Å². The number of benzene rings is 1. The molecule has 0 radical (unpaired) electrons. The number of phenols is 1. The Kier molecular flexibility index (Phi) is 3.43. The van der Waals surface area contributed by atoms with Gasteiger partial charge < -0.3 is 10.1 Å². The van der Waals surface area contributed by atoms with Crippen molar-refractivity contribution >= 4 is 15.7 Å². The van der Waals surface area contributed by atoms with Crippen LogP contribution in [0, 0.1) is 5.82 Å². The number of phenolic OH excluding ortho intramolecular Hbond substituents is 1. The van der Waals surface area contributed by atoms with Crippen LogP contribution in [0.25, 0.3) is 0 Å². The zero-order chi connectivity index (χ0) is 14.0. The third kappa shape index (κ3) is 2.84. The molecule has 2 rings (SSSR count). The molecular formula is C11H12FN3O3S. The molecule has 3 N–H and O–H groups in total. The van der Waals surface area contributed by atoms with Crippen LogP contribution in [0.4, 0.5) is 10.1 Å². The number of nitrogens with zero attached hydrogens (tertiary/aromatic N) is 1. The molecule has 0 aliphatic carbocycles. The fourth-order valence-corrected chi connectivity index (χ4v) is 2.45. The number of aromatic nitrogens is 2. The van der Waals surface area contributed by atoms with Crippen LogP contribution in [0.3, 0.4) is 0 Å². The molecule has 0 saturated heterocycles. The van der Waals surface area contributed by atoms with E-state index < -0.39 is 15.8 Å². The maximum absolute atomic E-state index is 13.5. The van der Waals surface area contributed by atoms with Crippen LogP contribution in [0.2, 0.25) is 0 Å². The van der Waals surface area contributed by atoms with Crippen molar-refractivity contribution in [1.82, 2.24) is 9.97 Å².